The van der Waals surface area contributed by atoms with Gasteiger partial charge in [0.2, 0.25) is 0 Å². The summed E-state index contributed by atoms with van der Waals surface area (Å²) in [6.07, 6.45) is 3.31. The van der Waals surface area contributed by atoms with E-state index in [2.05, 4.69) is 20.0 Å². The highest BCUT2D eigenvalue weighted by Gasteiger charge is 2.28. The molecule has 2 nitrogen and oxygen atoms in total. The average Bonchev–Trinajstić information content (AvgIpc) is 2.10. The summed E-state index contributed by atoms with van der Waals surface area (Å²) in [6, 6.07) is 0. The Labute approximate surface area is 56.1 Å². The SMILES string of the molecule is CC1(C)CCN(C#N)C1. The molecule has 0 amide bonds. The average molecular weight is 124 g/mol. The summed E-state index contributed by atoms with van der Waals surface area (Å²) >= 11 is 0. The van der Waals surface area contributed by atoms with Crippen molar-refractivity contribution in [3.8, 4) is 6.19 Å². The Hall–Kier alpha value is -0.710. The third-order valence-electron chi connectivity index (χ3n) is 1.82. The molecular weight excluding hydrogens is 112 g/mol. The van der Waals surface area contributed by atoms with E-state index in [1.165, 1.54) is 0 Å². The first-order valence-electron chi connectivity index (χ1n) is 3.29. The van der Waals surface area contributed by atoms with Gasteiger partial charge >= 0.3 is 0 Å². The first kappa shape index (κ1) is 6.41. The van der Waals surface area contributed by atoms with Gasteiger partial charge in [0.25, 0.3) is 0 Å². The van der Waals surface area contributed by atoms with E-state index in [1.807, 2.05) is 4.90 Å². The maximum atomic E-state index is 8.47. The molecule has 0 radical (unpaired) electrons. The lowest BCUT2D eigenvalue weighted by molar-refractivity contribution is 0.366. The molecule has 0 aromatic heterocycles. The molecule has 1 heterocycles. The predicted molar refractivity (Wildman–Crippen MR) is 35.6 cm³/mol. The van der Waals surface area contributed by atoms with Crippen LogP contribution in [-0.4, -0.2) is 18.0 Å². The van der Waals surface area contributed by atoms with E-state index in [1.54, 1.807) is 0 Å². The Morgan fingerprint density at radius 2 is 2.22 bits per heavy atom. The zero-order valence-corrected chi connectivity index (χ0v) is 6.02. The Balaban J connectivity index is 2.50. The molecule has 0 aromatic rings. The predicted octanol–water partition coefficient (Wildman–Crippen LogP) is 1.20. The van der Waals surface area contributed by atoms with Crippen molar-refractivity contribution in [3.05, 3.63) is 0 Å². The van der Waals surface area contributed by atoms with Crippen LogP contribution in [0, 0.1) is 16.9 Å². The summed E-state index contributed by atoms with van der Waals surface area (Å²) in [5, 5.41) is 8.47. The van der Waals surface area contributed by atoms with Crippen LogP contribution in [0.15, 0.2) is 0 Å². The van der Waals surface area contributed by atoms with Crippen molar-refractivity contribution in [2.45, 2.75) is 20.3 Å². The standard InChI is InChI=1S/C7H12N2/c1-7(2)3-4-9(5-7)6-8/h3-5H2,1-2H3. The molecule has 0 bridgehead atoms. The lowest BCUT2D eigenvalue weighted by Crippen LogP contribution is -2.17. The summed E-state index contributed by atoms with van der Waals surface area (Å²) in [7, 11) is 0. The van der Waals surface area contributed by atoms with Crippen molar-refractivity contribution in [1.82, 2.24) is 4.90 Å². The molecule has 50 valence electrons. The largest absolute Gasteiger partial charge is 0.310 e. The van der Waals surface area contributed by atoms with Gasteiger partial charge in [0.05, 0.1) is 0 Å². The highest BCUT2D eigenvalue weighted by molar-refractivity contribution is 4.88. The van der Waals surface area contributed by atoms with Crippen molar-refractivity contribution < 1.29 is 0 Å². The van der Waals surface area contributed by atoms with Crippen molar-refractivity contribution in [1.29, 1.82) is 5.26 Å². The van der Waals surface area contributed by atoms with E-state index in [4.69, 9.17) is 5.26 Å². The van der Waals surface area contributed by atoms with E-state index in [0.717, 1.165) is 19.5 Å². The number of hydrogen-bond donors (Lipinski definition) is 0. The van der Waals surface area contributed by atoms with E-state index in [-0.39, 0.29) is 0 Å². The maximum absolute atomic E-state index is 8.47. The molecule has 0 N–H and O–H groups in total. The number of hydrogen-bond acceptors (Lipinski definition) is 2. The highest BCUT2D eigenvalue weighted by atomic mass is 15.1. The third-order valence-corrected chi connectivity index (χ3v) is 1.82. The van der Waals surface area contributed by atoms with Gasteiger partial charge in [-0.2, -0.15) is 5.26 Å². The number of rotatable bonds is 0. The summed E-state index contributed by atoms with van der Waals surface area (Å²) in [6.45, 7) is 6.28. The van der Waals surface area contributed by atoms with Crippen LogP contribution in [0.4, 0.5) is 0 Å². The lowest BCUT2D eigenvalue weighted by atomic mass is 9.93. The molecule has 1 saturated heterocycles. The topological polar surface area (TPSA) is 27.0 Å². The molecule has 0 spiro atoms. The van der Waals surface area contributed by atoms with E-state index in [0.29, 0.717) is 5.41 Å². The van der Waals surface area contributed by atoms with Gasteiger partial charge in [-0.25, -0.2) is 0 Å². The molecule has 9 heavy (non-hydrogen) atoms. The Morgan fingerprint density at radius 1 is 1.56 bits per heavy atom. The molecule has 1 aliphatic heterocycles. The zero-order chi connectivity index (χ0) is 6.91. The molecular formula is C7H12N2. The van der Waals surface area contributed by atoms with Gasteiger partial charge in [0.1, 0.15) is 0 Å². The first-order chi connectivity index (χ1) is 4.14. The monoisotopic (exact) mass is 124 g/mol. The minimum absolute atomic E-state index is 0.371. The molecule has 1 rings (SSSR count). The van der Waals surface area contributed by atoms with Gasteiger partial charge in [-0.15, -0.1) is 0 Å². The molecule has 2 heteroatoms. The van der Waals surface area contributed by atoms with Crippen molar-refractivity contribution >= 4 is 0 Å². The van der Waals surface area contributed by atoms with Crippen molar-refractivity contribution in [2.24, 2.45) is 5.41 Å². The molecule has 0 aromatic carbocycles. The van der Waals surface area contributed by atoms with Crippen LogP contribution in [0.3, 0.4) is 0 Å². The van der Waals surface area contributed by atoms with Crippen LogP contribution in [0.5, 0.6) is 0 Å². The van der Waals surface area contributed by atoms with Crippen LogP contribution in [0.2, 0.25) is 0 Å². The normalized spacial score (nSPS) is 23.9. The fourth-order valence-electron chi connectivity index (χ4n) is 1.20. The van der Waals surface area contributed by atoms with Crippen molar-refractivity contribution in [3.63, 3.8) is 0 Å². The minimum atomic E-state index is 0.371. The van der Waals surface area contributed by atoms with Crippen LogP contribution < -0.4 is 0 Å². The second-order valence-corrected chi connectivity index (χ2v) is 3.44. The maximum Gasteiger partial charge on any atom is 0.179 e. The second-order valence-electron chi connectivity index (χ2n) is 3.44. The van der Waals surface area contributed by atoms with E-state index >= 15 is 0 Å². The molecule has 1 aliphatic rings. The summed E-state index contributed by atoms with van der Waals surface area (Å²) in [5.74, 6) is 0. The number of likely N-dealkylation sites (tertiary alicyclic amines) is 1. The quantitative estimate of drug-likeness (QED) is 0.454. The van der Waals surface area contributed by atoms with Crippen LogP contribution in [0.25, 0.3) is 0 Å². The fraction of sp³-hybridized carbons (Fsp3) is 0.857. The summed E-state index contributed by atoms with van der Waals surface area (Å²) in [4.78, 5) is 1.82. The fourth-order valence-corrected chi connectivity index (χ4v) is 1.20. The molecule has 0 aliphatic carbocycles. The minimum Gasteiger partial charge on any atom is -0.310 e. The van der Waals surface area contributed by atoms with Gasteiger partial charge in [-0.1, -0.05) is 13.8 Å². The Bertz CT molecular complexity index is 143. The van der Waals surface area contributed by atoms with E-state index < -0.39 is 0 Å². The van der Waals surface area contributed by atoms with Crippen LogP contribution >= 0.6 is 0 Å². The van der Waals surface area contributed by atoms with Gasteiger partial charge in [-0.05, 0) is 11.8 Å². The smallest absolute Gasteiger partial charge is 0.179 e. The van der Waals surface area contributed by atoms with E-state index in [9.17, 15) is 0 Å². The zero-order valence-electron chi connectivity index (χ0n) is 6.02. The van der Waals surface area contributed by atoms with Gasteiger partial charge in [-0.3, -0.25) is 0 Å². The van der Waals surface area contributed by atoms with Gasteiger partial charge in [0, 0.05) is 13.1 Å². The summed E-state index contributed by atoms with van der Waals surface area (Å²) in [5.41, 5.74) is 0.371. The van der Waals surface area contributed by atoms with Gasteiger partial charge < -0.3 is 4.90 Å². The Kier molecular flexibility index (Phi) is 1.36. The molecule has 1 fully saturated rings. The Morgan fingerprint density at radius 3 is 2.44 bits per heavy atom. The van der Waals surface area contributed by atoms with Crippen LogP contribution in [0.1, 0.15) is 20.3 Å². The highest BCUT2D eigenvalue weighted by Crippen LogP contribution is 2.27. The molecule has 0 atom stereocenters. The number of nitriles is 1. The van der Waals surface area contributed by atoms with Gasteiger partial charge in [0.15, 0.2) is 6.19 Å². The van der Waals surface area contributed by atoms with Crippen molar-refractivity contribution in [2.75, 3.05) is 13.1 Å². The molecule has 0 saturated carbocycles. The van der Waals surface area contributed by atoms with Crippen LogP contribution in [-0.2, 0) is 0 Å². The molecule has 0 unspecified atom stereocenters. The first-order valence-corrected chi connectivity index (χ1v) is 3.29. The third kappa shape index (κ3) is 1.35. The summed E-state index contributed by atoms with van der Waals surface area (Å²) < 4.78 is 0. The lowest BCUT2D eigenvalue weighted by Gasteiger charge is -2.14. The number of nitrogens with zero attached hydrogens (tertiary/aromatic N) is 2. The second kappa shape index (κ2) is 1.91.